The summed E-state index contributed by atoms with van der Waals surface area (Å²) in [6.45, 7) is 2.36. The molecule has 2 aromatic rings. The molecule has 6 heteroatoms. The van der Waals surface area contributed by atoms with Crippen LogP contribution in [0, 0.1) is 0 Å². The zero-order valence-electron chi connectivity index (χ0n) is 9.50. The largest absolute Gasteiger partial charge is 0.535 e. The van der Waals surface area contributed by atoms with Crippen LogP contribution >= 0.6 is 0 Å². The maximum Gasteiger partial charge on any atom is 0.535 e. The molecule has 1 aromatic heterocycles. The van der Waals surface area contributed by atoms with Crippen molar-refractivity contribution in [1.82, 2.24) is 15.2 Å². The van der Waals surface area contributed by atoms with Gasteiger partial charge in [0.15, 0.2) is 0 Å². The third-order valence-corrected chi connectivity index (χ3v) is 2.20. The molecule has 0 aliphatic rings. The lowest BCUT2D eigenvalue weighted by molar-refractivity contribution is 0.0388. The fourth-order valence-electron chi connectivity index (χ4n) is 1.31. The van der Waals surface area contributed by atoms with Gasteiger partial charge in [-0.25, -0.2) is 4.79 Å². The molecule has 0 fully saturated rings. The molecule has 2 rings (SSSR count). The number of carbonyl (C=O) groups excluding carboxylic acids is 1. The number of nitrogens with zero attached hydrogens (tertiary/aromatic N) is 3. The molecule has 0 spiro atoms. The smallest absolute Gasteiger partial charge is 0.433 e. The van der Waals surface area contributed by atoms with Gasteiger partial charge in [0.05, 0.1) is 6.61 Å². The van der Waals surface area contributed by atoms with E-state index in [1.807, 2.05) is 19.1 Å². The van der Waals surface area contributed by atoms with Gasteiger partial charge in [-0.05, 0) is 23.8 Å². The first kappa shape index (κ1) is 11.4. The minimum absolute atomic E-state index is 0.349. The van der Waals surface area contributed by atoms with Crippen LogP contribution in [0.25, 0.3) is 11.0 Å². The van der Waals surface area contributed by atoms with Gasteiger partial charge >= 0.3 is 6.16 Å². The third kappa shape index (κ3) is 2.72. The third-order valence-electron chi connectivity index (χ3n) is 2.20. The van der Waals surface area contributed by atoms with Gasteiger partial charge in [-0.3, -0.25) is 4.84 Å². The summed E-state index contributed by atoms with van der Waals surface area (Å²) >= 11 is 0. The summed E-state index contributed by atoms with van der Waals surface area (Å²) in [6, 6.07) is 7.19. The van der Waals surface area contributed by atoms with E-state index in [0.717, 1.165) is 17.7 Å². The molecule has 0 aliphatic carbocycles. The molecule has 0 saturated carbocycles. The van der Waals surface area contributed by atoms with Crippen LogP contribution in [-0.2, 0) is 4.74 Å². The number of unbranched alkanes of at least 4 members (excludes halogenated alkanes) is 1. The standard InChI is InChI=1S/C11H13N3O3/c1-2-3-8-16-11(15)17-14-10-7-5-4-6-9(10)12-13-14/h4-7H,2-3,8H2,1H3. The number of aromatic nitrogens is 3. The van der Waals surface area contributed by atoms with E-state index in [1.165, 1.54) is 0 Å². The Kier molecular flexibility index (Phi) is 3.54. The highest BCUT2D eigenvalue weighted by atomic mass is 16.8. The average Bonchev–Trinajstić information content (AvgIpc) is 2.73. The number of carbonyl (C=O) groups is 1. The summed E-state index contributed by atoms with van der Waals surface area (Å²) in [5.41, 5.74) is 1.29. The van der Waals surface area contributed by atoms with Gasteiger partial charge in [-0.1, -0.05) is 30.3 Å². The normalized spacial score (nSPS) is 10.4. The molecule has 0 atom stereocenters. The fourth-order valence-corrected chi connectivity index (χ4v) is 1.31. The molecule has 0 amide bonds. The lowest BCUT2D eigenvalue weighted by atomic mass is 10.3. The molecule has 0 saturated heterocycles. The van der Waals surface area contributed by atoms with E-state index >= 15 is 0 Å². The molecular formula is C11H13N3O3. The van der Waals surface area contributed by atoms with Crippen molar-refractivity contribution in [2.75, 3.05) is 6.61 Å². The number of para-hydroxylation sites is 1. The van der Waals surface area contributed by atoms with Gasteiger partial charge in [0.2, 0.25) is 0 Å². The molecule has 1 aromatic carbocycles. The summed E-state index contributed by atoms with van der Waals surface area (Å²) in [4.78, 5) is 17.3. The van der Waals surface area contributed by atoms with Crippen molar-refractivity contribution in [3.05, 3.63) is 24.3 Å². The topological polar surface area (TPSA) is 66.2 Å². The van der Waals surface area contributed by atoms with Crippen LogP contribution in [0.3, 0.4) is 0 Å². The molecule has 90 valence electrons. The van der Waals surface area contributed by atoms with Gasteiger partial charge in [-0.15, -0.1) is 5.10 Å². The number of benzene rings is 1. The summed E-state index contributed by atoms with van der Waals surface area (Å²) in [7, 11) is 0. The Morgan fingerprint density at radius 2 is 2.24 bits per heavy atom. The molecule has 6 nitrogen and oxygen atoms in total. The molecule has 1 heterocycles. The zero-order chi connectivity index (χ0) is 12.1. The second kappa shape index (κ2) is 5.29. The number of rotatable bonds is 4. The van der Waals surface area contributed by atoms with Crippen molar-refractivity contribution in [2.24, 2.45) is 0 Å². The van der Waals surface area contributed by atoms with Crippen molar-refractivity contribution in [3.63, 3.8) is 0 Å². The van der Waals surface area contributed by atoms with E-state index in [9.17, 15) is 4.79 Å². The second-order valence-electron chi connectivity index (χ2n) is 3.49. The predicted molar refractivity (Wildman–Crippen MR) is 60.4 cm³/mol. The highest BCUT2D eigenvalue weighted by Gasteiger charge is 2.10. The molecule has 0 bridgehead atoms. The van der Waals surface area contributed by atoms with E-state index in [4.69, 9.17) is 9.57 Å². The molecular weight excluding hydrogens is 222 g/mol. The van der Waals surface area contributed by atoms with Crippen LogP contribution in [0.2, 0.25) is 0 Å². The molecule has 0 radical (unpaired) electrons. The maximum atomic E-state index is 11.3. The Labute approximate surface area is 98.1 Å². The summed E-state index contributed by atoms with van der Waals surface area (Å²) in [6.07, 6.45) is 1.00. The Balaban J connectivity index is 2.01. The van der Waals surface area contributed by atoms with Crippen molar-refractivity contribution in [3.8, 4) is 0 Å². The SMILES string of the molecule is CCCCOC(=O)On1nnc2ccccc21. The van der Waals surface area contributed by atoms with Gasteiger partial charge < -0.3 is 4.74 Å². The van der Waals surface area contributed by atoms with Crippen molar-refractivity contribution < 1.29 is 14.4 Å². The quantitative estimate of drug-likeness (QED) is 0.459. The van der Waals surface area contributed by atoms with Crippen LogP contribution in [0.15, 0.2) is 24.3 Å². The number of hydrogen-bond acceptors (Lipinski definition) is 5. The van der Waals surface area contributed by atoms with Crippen molar-refractivity contribution >= 4 is 17.2 Å². The number of hydrogen-bond donors (Lipinski definition) is 0. The van der Waals surface area contributed by atoms with E-state index < -0.39 is 6.16 Å². The molecule has 0 aliphatic heterocycles. The van der Waals surface area contributed by atoms with Gasteiger partial charge in [-0.2, -0.15) is 0 Å². The Morgan fingerprint density at radius 3 is 3.06 bits per heavy atom. The van der Waals surface area contributed by atoms with Crippen LogP contribution in [0.5, 0.6) is 0 Å². The first-order chi connectivity index (χ1) is 8.31. The fraction of sp³-hybridized carbons (Fsp3) is 0.364. The van der Waals surface area contributed by atoms with E-state index in [2.05, 4.69) is 10.3 Å². The summed E-state index contributed by atoms with van der Waals surface area (Å²) in [5.74, 6) is 0. The first-order valence-electron chi connectivity index (χ1n) is 5.47. The lowest BCUT2D eigenvalue weighted by Gasteiger charge is -2.03. The number of ether oxygens (including phenoxy) is 1. The monoisotopic (exact) mass is 235 g/mol. The zero-order valence-corrected chi connectivity index (χ0v) is 9.50. The van der Waals surface area contributed by atoms with Gasteiger partial charge in [0.25, 0.3) is 0 Å². The highest BCUT2D eigenvalue weighted by Crippen LogP contribution is 2.08. The van der Waals surface area contributed by atoms with Crippen LogP contribution in [-0.4, -0.2) is 27.9 Å². The van der Waals surface area contributed by atoms with Crippen LogP contribution in [0.1, 0.15) is 19.8 Å². The molecule has 0 unspecified atom stereocenters. The number of fused-ring (bicyclic) bond motifs is 1. The minimum atomic E-state index is -0.769. The van der Waals surface area contributed by atoms with E-state index in [1.54, 1.807) is 12.1 Å². The average molecular weight is 235 g/mol. The van der Waals surface area contributed by atoms with Crippen molar-refractivity contribution in [2.45, 2.75) is 19.8 Å². The summed E-state index contributed by atoms with van der Waals surface area (Å²) in [5, 5.41) is 7.56. The Bertz CT molecular complexity index is 509. The minimum Gasteiger partial charge on any atom is -0.433 e. The Hall–Kier alpha value is -2.11. The van der Waals surface area contributed by atoms with Gasteiger partial charge in [0.1, 0.15) is 11.0 Å². The summed E-state index contributed by atoms with van der Waals surface area (Å²) < 4.78 is 4.85. The van der Waals surface area contributed by atoms with Crippen LogP contribution < -0.4 is 4.84 Å². The van der Waals surface area contributed by atoms with Gasteiger partial charge in [0, 0.05) is 0 Å². The Morgan fingerprint density at radius 1 is 1.41 bits per heavy atom. The van der Waals surface area contributed by atoms with E-state index in [0.29, 0.717) is 17.6 Å². The molecule has 0 N–H and O–H groups in total. The maximum absolute atomic E-state index is 11.3. The highest BCUT2D eigenvalue weighted by molar-refractivity contribution is 5.74. The lowest BCUT2D eigenvalue weighted by Crippen LogP contribution is -2.22. The van der Waals surface area contributed by atoms with E-state index in [-0.39, 0.29) is 0 Å². The molecule has 17 heavy (non-hydrogen) atoms. The predicted octanol–water partition coefficient (Wildman–Crippen LogP) is 1.80. The second-order valence-corrected chi connectivity index (χ2v) is 3.49. The first-order valence-corrected chi connectivity index (χ1v) is 5.47. The van der Waals surface area contributed by atoms with Crippen LogP contribution in [0.4, 0.5) is 4.79 Å². The van der Waals surface area contributed by atoms with Crippen molar-refractivity contribution in [1.29, 1.82) is 0 Å².